The number of hydrogen-bond acceptors (Lipinski definition) is 1. The third kappa shape index (κ3) is 5.71. The Hall–Kier alpha value is -1.63. The van der Waals surface area contributed by atoms with Gasteiger partial charge in [0.25, 0.3) is 0 Å². The van der Waals surface area contributed by atoms with Gasteiger partial charge in [0.2, 0.25) is 0 Å². The highest BCUT2D eigenvalue weighted by Crippen LogP contribution is 2.40. The molecule has 0 saturated heterocycles. The van der Waals surface area contributed by atoms with E-state index in [0.717, 1.165) is 18.3 Å². The highest BCUT2D eigenvalue weighted by molar-refractivity contribution is 5.66. The van der Waals surface area contributed by atoms with Crippen molar-refractivity contribution in [3.63, 3.8) is 0 Å². The number of carbonyl (C=O) groups is 1. The van der Waals surface area contributed by atoms with Gasteiger partial charge < -0.3 is 0 Å². The van der Waals surface area contributed by atoms with Crippen LogP contribution in [-0.2, 0) is 4.79 Å². The second-order valence-corrected chi connectivity index (χ2v) is 6.55. The summed E-state index contributed by atoms with van der Waals surface area (Å²) in [6, 6.07) is 0. The topological polar surface area (TPSA) is 17.1 Å². The second-order valence-electron chi connectivity index (χ2n) is 6.55. The minimum absolute atomic E-state index is 0.290. The van der Waals surface area contributed by atoms with Crippen LogP contribution < -0.4 is 0 Å². The van der Waals surface area contributed by atoms with Crippen LogP contribution in [0.15, 0.2) is 58.7 Å². The Morgan fingerprint density at radius 3 is 2.62 bits per heavy atom. The van der Waals surface area contributed by atoms with Crippen LogP contribution in [0.3, 0.4) is 0 Å². The average Bonchev–Trinajstić information content (AvgIpc) is 2.37. The van der Waals surface area contributed by atoms with Crippen LogP contribution >= 0.6 is 0 Å². The van der Waals surface area contributed by atoms with Crippen molar-refractivity contribution in [2.75, 3.05) is 0 Å². The van der Waals surface area contributed by atoms with E-state index in [1.54, 1.807) is 6.08 Å². The molecule has 114 valence electrons. The Morgan fingerprint density at radius 2 is 2.00 bits per heavy atom. The maximum absolute atomic E-state index is 10.3. The van der Waals surface area contributed by atoms with E-state index in [1.807, 2.05) is 19.1 Å². The lowest BCUT2D eigenvalue weighted by Crippen LogP contribution is -2.18. The zero-order chi connectivity index (χ0) is 15.9. The summed E-state index contributed by atoms with van der Waals surface area (Å²) in [5.41, 5.74) is 5.51. The van der Waals surface area contributed by atoms with Crippen molar-refractivity contribution in [2.24, 2.45) is 5.41 Å². The number of aldehydes is 1. The molecule has 0 N–H and O–H groups in total. The number of carbonyl (C=O) groups excluding carboxylic acids is 1. The molecule has 1 rings (SSSR count). The van der Waals surface area contributed by atoms with E-state index in [-0.39, 0.29) is 5.41 Å². The first-order valence-corrected chi connectivity index (χ1v) is 7.70. The monoisotopic (exact) mass is 284 g/mol. The van der Waals surface area contributed by atoms with Gasteiger partial charge in [-0.1, -0.05) is 55.4 Å². The van der Waals surface area contributed by atoms with Crippen LogP contribution in [-0.4, -0.2) is 6.29 Å². The van der Waals surface area contributed by atoms with Gasteiger partial charge in [-0.25, -0.2) is 0 Å². The summed E-state index contributed by atoms with van der Waals surface area (Å²) in [6.07, 6.45) is 16.6. The molecule has 0 amide bonds. The Bertz CT molecular complexity index is 522. The molecule has 1 nitrogen and oxygen atoms in total. The molecule has 0 aliphatic heterocycles. The largest absolute Gasteiger partial charge is 0.299 e. The second kappa shape index (κ2) is 7.97. The SMILES string of the molecule is CC(C=CC=C(C)CC=C1C(C)=CCCC1(C)C)=CC=O. The molecular formula is C20H28O. The minimum Gasteiger partial charge on any atom is -0.299 e. The summed E-state index contributed by atoms with van der Waals surface area (Å²) in [7, 11) is 0. The van der Waals surface area contributed by atoms with E-state index in [1.165, 1.54) is 29.6 Å². The molecule has 21 heavy (non-hydrogen) atoms. The van der Waals surface area contributed by atoms with Gasteiger partial charge >= 0.3 is 0 Å². The van der Waals surface area contributed by atoms with Crippen molar-refractivity contribution in [2.45, 2.75) is 53.9 Å². The van der Waals surface area contributed by atoms with Crippen molar-refractivity contribution in [3.05, 3.63) is 58.7 Å². The minimum atomic E-state index is 0.290. The summed E-state index contributed by atoms with van der Waals surface area (Å²) < 4.78 is 0. The molecule has 0 saturated carbocycles. The van der Waals surface area contributed by atoms with E-state index < -0.39 is 0 Å². The number of hydrogen-bond donors (Lipinski definition) is 0. The van der Waals surface area contributed by atoms with Gasteiger partial charge in [-0.2, -0.15) is 0 Å². The average molecular weight is 284 g/mol. The van der Waals surface area contributed by atoms with Crippen LogP contribution in [0.1, 0.15) is 53.9 Å². The highest BCUT2D eigenvalue weighted by Gasteiger charge is 2.26. The van der Waals surface area contributed by atoms with E-state index in [9.17, 15) is 4.79 Å². The molecule has 1 heteroatoms. The molecule has 0 atom stereocenters. The lowest BCUT2D eigenvalue weighted by atomic mass is 9.73. The van der Waals surface area contributed by atoms with Gasteiger partial charge in [0, 0.05) is 0 Å². The normalized spacial score (nSPS) is 21.8. The van der Waals surface area contributed by atoms with Crippen molar-refractivity contribution >= 4 is 6.29 Å². The first-order valence-electron chi connectivity index (χ1n) is 7.70. The number of rotatable bonds is 5. The molecule has 0 bridgehead atoms. The fraction of sp³-hybridized carbons (Fsp3) is 0.450. The van der Waals surface area contributed by atoms with Crippen LogP contribution in [0.25, 0.3) is 0 Å². The summed E-state index contributed by atoms with van der Waals surface area (Å²) in [5.74, 6) is 0. The molecule has 0 spiro atoms. The van der Waals surface area contributed by atoms with Gasteiger partial charge in [0.05, 0.1) is 0 Å². The van der Waals surface area contributed by atoms with E-state index in [0.29, 0.717) is 0 Å². The molecular weight excluding hydrogens is 256 g/mol. The fourth-order valence-electron chi connectivity index (χ4n) is 2.72. The highest BCUT2D eigenvalue weighted by atomic mass is 16.1. The number of allylic oxidation sites excluding steroid dienone is 10. The van der Waals surface area contributed by atoms with Crippen molar-refractivity contribution in [3.8, 4) is 0 Å². The van der Waals surface area contributed by atoms with Crippen molar-refractivity contribution < 1.29 is 4.79 Å². The van der Waals surface area contributed by atoms with E-state index in [2.05, 4.69) is 45.9 Å². The van der Waals surface area contributed by atoms with Crippen LogP contribution in [0, 0.1) is 5.41 Å². The third-order valence-electron chi connectivity index (χ3n) is 4.07. The molecule has 1 aliphatic rings. The zero-order valence-electron chi connectivity index (χ0n) is 14.1. The molecule has 0 aromatic carbocycles. The fourth-order valence-corrected chi connectivity index (χ4v) is 2.72. The van der Waals surface area contributed by atoms with E-state index >= 15 is 0 Å². The lowest BCUT2D eigenvalue weighted by Gasteiger charge is -2.32. The molecule has 0 unspecified atom stereocenters. The Labute approximate surface area is 129 Å². The molecule has 0 aromatic rings. The van der Waals surface area contributed by atoms with E-state index in [4.69, 9.17) is 0 Å². The summed E-state index contributed by atoms with van der Waals surface area (Å²) in [6.45, 7) is 11.0. The van der Waals surface area contributed by atoms with Crippen LogP contribution in [0.5, 0.6) is 0 Å². The van der Waals surface area contributed by atoms with Crippen molar-refractivity contribution in [1.29, 1.82) is 0 Å². The summed E-state index contributed by atoms with van der Waals surface area (Å²) >= 11 is 0. The Kier molecular flexibility index (Phi) is 6.61. The maximum atomic E-state index is 10.3. The van der Waals surface area contributed by atoms with Gasteiger partial charge in [0.15, 0.2) is 0 Å². The van der Waals surface area contributed by atoms with Gasteiger partial charge in [-0.15, -0.1) is 0 Å². The van der Waals surface area contributed by atoms with Crippen LogP contribution in [0.4, 0.5) is 0 Å². The van der Waals surface area contributed by atoms with Gasteiger partial charge in [-0.05, 0) is 62.7 Å². The van der Waals surface area contributed by atoms with Crippen molar-refractivity contribution in [1.82, 2.24) is 0 Å². The standard InChI is InChI=1S/C20H28O/c1-16(8-6-9-17(2)13-15-21)11-12-19-18(3)10-7-14-20(19,4)5/h6,8-10,12-13,15H,7,11,14H2,1-5H3. The lowest BCUT2D eigenvalue weighted by molar-refractivity contribution is -0.104. The molecule has 0 fully saturated rings. The predicted molar refractivity (Wildman–Crippen MR) is 92.2 cm³/mol. The smallest absolute Gasteiger partial charge is 0.143 e. The summed E-state index contributed by atoms with van der Waals surface area (Å²) in [4.78, 5) is 10.3. The van der Waals surface area contributed by atoms with Gasteiger partial charge in [-0.3, -0.25) is 4.79 Å². The molecule has 1 aliphatic carbocycles. The quantitative estimate of drug-likeness (QED) is 0.358. The zero-order valence-corrected chi connectivity index (χ0v) is 14.1. The Balaban J connectivity index is 2.74. The first kappa shape index (κ1) is 17.4. The third-order valence-corrected chi connectivity index (χ3v) is 4.07. The molecule has 0 heterocycles. The van der Waals surface area contributed by atoms with Crippen LogP contribution in [0.2, 0.25) is 0 Å². The first-order chi connectivity index (χ1) is 9.86. The predicted octanol–water partition coefficient (Wildman–Crippen LogP) is 5.72. The van der Waals surface area contributed by atoms with Gasteiger partial charge in [0.1, 0.15) is 6.29 Å². The molecule has 0 radical (unpaired) electrons. The maximum Gasteiger partial charge on any atom is 0.143 e. The molecule has 0 aromatic heterocycles. The Morgan fingerprint density at radius 1 is 1.29 bits per heavy atom. The summed E-state index contributed by atoms with van der Waals surface area (Å²) in [5, 5.41) is 0.